The van der Waals surface area contributed by atoms with Gasteiger partial charge < -0.3 is 24.2 Å². The van der Waals surface area contributed by atoms with Crippen molar-refractivity contribution < 1.29 is 19.4 Å². The summed E-state index contributed by atoms with van der Waals surface area (Å²) in [7, 11) is 0. The number of amides is 1. The van der Waals surface area contributed by atoms with Crippen LogP contribution in [0.3, 0.4) is 0 Å². The maximum absolute atomic E-state index is 13.4. The first-order valence-corrected chi connectivity index (χ1v) is 13.3. The van der Waals surface area contributed by atoms with Crippen LogP contribution in [-0.4, -0.2) is 68.3 Å². The molecule has 11 heteroatoms. The molecule has 6 rings (SSSR count). The molecule has 1 N–H and O–H groups in total. The molecule has 206 valence electrons. The Kier molecular flexibility index (Phi) is 6.28. The lowest BCUT2D eigenvalue weighted by Gasteiger charge is -2.36. The summed E-state index contributed by atoms with van der Waals surface area (Å²) < 4.78 is 7.18. The lowest BCUT2D eigenvalue weighted by molar-refractivity contribution is -0.155. The summed E-state index contributed by atoms with van der Waals surface area (Å²) in [5.41, 5.74) is 2.91. The van der Waals surface area contributed by atoms with E-state index in [0.29, 0.717) is 48.1 Å². The van der Waals surface area contributed by atoms with Gasteiger partial charge in [-0.3, -0.25) is 14.5 Å². The van der Waals surface area contributed by atoms with Crippen molar-refractivity contribution in [3.05, 3.63) is 66.0 Å². The second-order valence-corrected chi connectivity index (χ2v) is 11.0. The molecular weight excluding hydrogens is 510 g/mol. The van der Waals surface area contributed by atoms with Crippen molar-refractivity contribution >= 4 is 40.5 Å². The Bertz CT molecular complexity index is 1580. The van der Waals surface area contributed by atoms with Crippen molar-refractivity contribution in [2.45, 2.75) is 39.5 Å². The molecule has 1 amide bonds. The molecule has 0 radical (unpaired) electrons. The first-order valence-electron chi connectivity index (χ1n) is 13.3. The highest BCUT2D eigenvalue weighted by Crippen LogP contribution is 2.33. The molecule has 0 spiro atoms. The molecule has 11 nitrogen and oxygen atoms in total. The van der Waals surface area contributed by atoms with Gasteiger partial charge in [-0.15, -0.1) is 0 Å². The molecule has 4 heterocycles. The zero-order valence-electron chi connectivity index (χ0n) is 22.7. The fourth-order valence-corrected chi connectivity index (χ4v) is 5.13. The molecule has 0 aliphatic carbocycles. The van der Waals surface area contributed by atoms with E-state index >= 15 is 0 Å². The molecule has 0 saturated carbocycles. The number of aromatic nitrogens is 4. The zero-order valence-corrected chi connectivity index (χ0v) is 22.7. The number of hydrogen-bond acceptors (Lipinski definition) is 9. The summed E-state index contributed by atoms with van der Waals surface area (Å²) in [4.78, 5) is 46.3. The van der Waals surface area contributed by atoms with E-state index in [1.54, 1.807) is 27.9 Å². The minimum Gasteiger partial charge on any atom is -0.508 e. The van der Waals surface area contributed by atoms with Gasteiger partial charge in [0.25, 0.3) is 5.91 Å². The molecule has 40 heavy (non-hydrogen) atoms. The number of phenols is 1. The fourth-order valence-electron chi connectivity index (χ4n) is 5.13. The standard InChI is InChI=1S/C29H31N7O4/c1-29(2,3)40-23(38)17-35-18-30-24-25(35)31-28(32-26(24)36-16-19-6-4-5-7-22(19)27(36)39)34-14-12-33(13-15-34)20-8-10-21(37)11-9-20/h4-11,18,37H,12-17H2,1-3H3. The summed E-state index contributed by atoms with van der Waals surface area (Å²) in [5.74, 6) is 0.590. The van der Waals surface area contributed by atoms with Crippen molar-refractivity contribution in [3.8, 4) is 5.75 Å². The normalized spacial score (nSPS) is 15.6. The average Bonchev–Trinajstić information content (AvgIpc) is 3.48. The second kappa shape index (κ2) is 9.82. The number of esters is 1. The minimum atomic E-state index is -0.621. The van der Waals surface area contributed by atoms with Crippen LogP contribution in [0.2, 0.25) is 0 Å². The molecule has 1 saturated heterocycles. The molecule has 1 fully saturated rings. The van der Waals surface area contributed by atoms with Gasteiger partial charge in [0.15, 0.2) is 17.0 Å². The highest BCUT2D eigenvalue weighted by atomic mass is 16.6. The predicted octanol–water partition coefficient (Wildman–Crippen LogP) is 3.36. The Hall–Kier alpha value is -4.67. The predicted molar refractivity (Wildman–Crippen MR) is 151 cm³/mol. The number of rotatable bonds is 5. The summed E-state index contributed by atoms with van der Waals surface area (Å²) in [6.07, 6.45) is 1.55. The smallest absolute Gasteiger partial charge is 0.326 e. The maximum Gasteiger partial charge on any atom is 0.326 e. The number of benzene rings is 2. The Labute approximate surface area is 231 Å². The van der Waals surface area contributed by atoms with Gasteiger partial charge in [0, 0.05) is 37.4 Å². The van der Waals surface area contributed by atoms with Gasteiger partial charge >= 0.3 is 5.97 Å². The fraction of sp³-hybridized carbons (Fsp3) is 0.345. The van der Waals surface area contributed by atoms with Crippen LogP contribution in [-0.2, 0) is 22.6 Å². The van der Waals surface area contributed by atoms with Crippen LogP contribution >= 0.6 is 0 Å². The van der Waals surface area contributed by atoms with Crippen molar-refractivity contribution in [2.24, 2.45) is 0 Å². The highest BCUT2D eigenvalue weighted by Gasteiger charge is 2.33. The lowest BCUT2D eigenvalue weighted by atomic mass is 10.1. The Morgan fingerprint density at radius 1 is 0.975 bits per heavy atom. The van der Waals surface area contributed by atoms with Crippen LogP contribution in [0.15, 0.2) is 54.9 Å². The highest BCUT2D eigenvalue weighted by molar-refractivity contribution is 6.12. The topological polar surface area (TPSA) is 117 Å². The number of nitrogens with zero attached hydrogens (tertiary/aromatic N) is 7. The number of imidazole rings is 1. The third kappa shape index (κ3) is 4.90. The Morgan fingerprint density at radius 3 is 2.38 bits per heavy atom. The van der Waals surface area contributed by atoms with Gasteiger partial charge in [-0.2, -0.15) is 9.97 Å². The van der Waals surface area contributed by atoms with Crippen LogP contribution < -0.4 is 14.7 Å². The van der Waals surface area contributed by atoms with Crippen LogP contribution in [0, 0.1) is 0 Å². The number of ether oxygens (including phenoxy) is 1. The Balaban J connectivity index is 1.34. The van der Waals surface area contributed by atoms with Crippen molar-refractivity contribution in [2.75, 3.05) is 40.9 Å². The minimum absolute atomic E-state index is 0.0630. The lowest BCUT2D eigenvalue weighted by Crippen LogP contribution is -2.47. The molecule has 2 aromatic heterocycles. The molecule has 2 aromatic carbocycles. The Morgan fingerprint density at radius 2 is 1.68 bits per heavy atom. The van der Waals surface area contributed by atoms with E-state index in [1.165, 1.54) is 0 Å². The molecule has 2 aliphatic rings. The number of hydrogen-bond donors (Lipinski definition) is 1. The largest absolute Gasteiger partial charge is 0.508 e. The van der Waals surface area contributed by atoms with E-state index < -0.39 is 11.6 Å². The van der Waals surface area contributed by atoms with Gasteiger partial charge in [0.05, 0.1) is 12.9 Å². The van der Waals surface area contributed by atoms with Crippen molar-refractivity contribution in [1.82, 2.24) is 19.5 Å². The van der Waals surface area contributed by atoms with Gasteiger partial charge in [0.2, 0.25) is 5.95 Å². The second-order valence-electron chi connectivity index (χ2n) is 11.0. The van der Waals surface area contributed by atoms with Gasteiger partial charge in [-0.25, -0.2) is 4.98 Å². The first-order chi connectivity index (χ1) is 19.2. The molecule has 2 aliphatic heterocycles. The third-order valence-corrected chi connectivity index (χ3v) is 7.01. The van der Waals surface area contributed by atoms with E-state index in [0.717, 1.165) is 24.3 Å². The number of fused-ring (bicyclic) bond motifs is 2. The number of phenolic OH excluding ortho intramolecular Hbond substituents is 1. The van der Waals surface area contributed by atoms with Crippen LogP contribution in [0.25, 0.3) is 11.2 Å². The van der Waals surface area contributed by atoms with Gasteiger partial charge in [-0.05, 0) is 56.7 Å². The van der Waals surface area contributed by atoms with Gasteiger partial charge in [0.1, 0.15) is 17.9 Å². The average molecular weight is 542 g/mol. The van der Waals surface area contributed by atoms with Crippen LogP contribution in [0.5, 0.6) is 5.75 Å². The van der Waals surface area contributed by atoms with Crippen molar-refractivity contribution in [3.63, 3.8) is 0 Å². The van der Waals surface area contributed by atoms with E-state index in [1.807, 2.05) is 57.2 Å². The third-order valence-electron chi connectivity index (χ3n) is 7.01. The number of carbonyl (C=O) groups excluding carboxylic acids is 2. The van der Waals surface area contributed by atoms with Crippen LogP contribution in [0.1, 0.15) is 36.7 Å². The zero-order chi connectivity index (χ0) is 28.0. The quantitative estimate of drug-likeness (QED) is 0.380. The van der Waals surface area contributed by atoms with E-state index in [9.17, 15) is 14.7 Å². The number of aromatic hydroxyl groups is 1. The van der Waals surface area contributed by atoms with E-state index in [2.05, 4.69) is 14.8 Å². The van der Waals surface area contributed by atoms with Crippen molar-refractivity contribution in [1.29, 1.82) is 0 Å². The summed E-state index contributed by atoms with van der Waals surface area (Å²) in [6, 6.07) is 14.7. The molecular formula is C29H31N7O4. The number of piperazine rings is 1. The monoisotopic (exact) mass is 541 g/mol. The first kappa shape index (κ1) is 25.6. The summed E-state index contributed by atoms with van der Waals surface area (Å²) in [5, 5.41) is 9.63. The number of carbonyl (C=O) groups is 2. The molecule has 4 aromatic rings. The molecule has 0 atom stereocenters. The van der Waals surface area contributed by atoms with Gasteiger partial charge in [-0.1, -0.05) is 18.2 Å². The summed E-state index contributed by atoms with van der Waals surface area (Å²) in [6.45, 7) is 8.55. The number of anilines is 3. The van der Waals surface area contributed by atoms with E-state index in [4.69, 9.17) is 14.7 Å². The molecule has 0 bridgehead atoms. The summed E-state index contributed by atoms with van der Waals surface area (Å²) >= 11 is 0. The maximum atomic E-state index is 13.4. The SMILES string of the molecule is CC(C)(C)OC(=O)Cn1cnc2c(N3Cc4ccccc4C3=O)nc(N3CCN(c4ccc(O)cc4)CC3)nc21. The van der Waals surface area contributed by atoms with Crippen LogP contribution in [0.4, 0.5) is 17.5 Å². The molecule has 0 unspecified atom stereocenters. The van der Waals surface area contributed by atoms with E-state index in [-0.39, 0.29) is 18.2 Å².